The van der Waals surface area contributed by atoms with Gasteiger partial charge in [-0.1, -0.05) is 48.5 Å². The van der Waals surface area contributed by atoms with E-state index in [4.69, 9.17) is 9.72 Å². The number of ether oxygens (including phenoxy) is 1. The Labute approximate surface area is 187 Å². The lowest BCUT2D eigenvalue weighted by Gasteiger charge is -2.32. The highest BCUT2D eigenvalue weighted by Crippen LogP contribution is 2.27. The predicted molar refractivity (Wildman–Crippen MR) is 125 cm³/mol. The number of likely N-dealkylation sites (tertiary alicyclic amines) is 1. The Bertz CT molecular complexity index is 1200. The summed E-state index contributed by atoms with van der Waals surface area (Å²) in [5.74, 6) is 0.0559. The zero-order valence-corrected chi connectivity index (χ0v) is 17.9. The van der Waals surface area contributed by atoms with E-state index in [-0.39, 0.29) is 12.0 Å². The number of aromatic nitrogens is 2. The third-order valence-corrected chi connectivity index (χ3v) is 5.98. The monoisotopic (exact) mass is 423 g/mol. The van der Waals surface area contributed by atoms with E-state index >= 15 is 0 Å². The van der Waals surface area contributed by atoms with Crippen LogP contribution in [-0.2, 0) is 11.3 Å². The maximum Gasteiger partial charge on any atom is 0.254 e. The number of hydrogen-bond donors (Lipinski definition) is 0. The van der Waals surface area contributed by atoms with E-state index in [1.165, 1.54) is 5.56 Å². The zero-order chi connectivity index (χ0) is 21.8. The van der Waals surface area contributed by atoms with Crippen molar-refractivity contribution in [3.63, 3.8) is 0 Å². The van der Waals surface area contributed by atoms with Gasteiger partial charge in [0.2, 0.25) is 0 Å². The molecule has 1 fully saturated rings. The van der Waals surface area contributed by atoms with E-state index in [9.17, 15) is 4.79 Å². The molecule has 0 radical (unpaired) electrons. The first-order chi connectivity index (χ1) is 15.8. The van der Waals surface area contributed by atoms with E-state index in [0.717, 1.165) is 35.0 Å². The minimum atomic E-state index is 0.0559. The number of piperidine rings is 1. The number of fused-ring (bicyclic) bond motifs is 1. The average molecular weight is 424 g/mol. The van der Waals surface area contributed by atoms with Gasteiger partial charge in [-0.05, 0) is 42.7 Å². The van der Waals surface area contributed by atoms with Crippen molar-refractivity contribution in [3.8, 4) is 11.3 Å². The summed E-state index contributed by atoms with van der Waals surface area (Å²) in [5.41, 5.74) is 4.44. The lowest BCUT2D eigenvalue weighted by Crippen LogP contribution is -2.41. The molecule has 0 aliphatic carbocycles. The molecule has 1 amide bonds. The van der Waals surface area contributed by atoms with Gasteiger partial charge in [0.15, 0.2) is 0 Å². The third-order valence-electron chi connectivity index (χ3n) is 5.98. The van der Waals surface area contributed by atoms with E-state index in [2.05, 4.69) is 17.1 Å². The number of pyridine rings is 2. The fourth-order valence-electron chi connectivity index (χ4n) is 4.21. The summed E-state index contributed by atoms with van der Waals surface area (Å²) in [7, 11) is 0. The normalized spacial score (nSPS) is 14.6. The standard InChI is InChI=1S/C27H25N3O2/c31-27(30-16-12-22(13-17-30)32-19-20-6-2-1-3-7-20)24-18-26(21-10-14-28-15-11-21)29-25-9-5-4-8-23(24)25/h1-11,14-15,18,22H,12-13,16-17,19H2. The zero-order valence-electron chi connectivity index (χ0n) is 17.9. The molecule has 160 valence electrons. The molecule has 0 spiro atoms. The van der Waals surface area contributed by atoms with Crippen molar-refractivity contribution < 1.29 is 9.53 Å². The fraction of sp³-hybridized carbons (Fsp3) is 0.222. The highest BCUT2D eigenvalue weighted by molar-refractivity contribution is 6.07. The summed E-state index contributed by atoms with van der Waals surface area (Å²) < 4.78 is 6.10. The maximum atomic E-state index is 13.5. The fourth-order valence-corrected chi connectivity index (χ4v) is 4.21. The van der Waals surface area contributed by atoms with Crippen LogP contribution in [0.3, 0.4) is 0 Å². The summed E-state index contributed by atoms with van der Waals surface area (Å²) >= 11 is 0. The van der Waals surface area contributed by atoms with E-state index in [0.29, 0.717) is 25.3 Å². The van der Waals surface area contributed by atoms with Crippen LogP contribution in [0.15, 0.2) is 85.2 Å². The molecule has 0 atom stereocenters. The van der Waals surface area contributed by atoms with Gasteiger partial charge in [0.25, 0.3) is 5.91 Å². The molecule has 0 N–H and O–H groups in total. The van der Waals surface area contributed by atoms with Crippen molar-refractivity contribution in [3.05, 3.63) is 96.3 Å². The Morgan fingerprint density at radius 2 is 1.66 bits per heavy atom. The van der Waals surface area contributed by atoms with Crippen molar-refractivity contribution in [2.75, 3.05) is 13.1 Å². The molecule has 0 unspecified atom stereocenters. The van der Waals surface area contributed by atoms with Crippen LogP contribution in [0.1, 0.15) is 28.8 Å². The van der Waals surface area contributed by atoms with Crippen LogP contribution in [0.25, 0.3) is 22.2 Å². The van der Waals surface area contributed by atoms with Gasteiger partial charge in [0.1, 0.15) is 0 Å². The number of para-hydroxylation sites is 1. The Kier molecular flexibility index (Phi) is 5.90. The number of benzene rings is 2. The second-order valence-corrected chi connectivity index (χ2v) is 8.10. The summed E-state index contributed by atoms with van der Waals surface area (Å²) in [6.45, 7) is 2.00. The second kappa shape index (κ2) is 9.28. The molecule has 5 rings (SSSR count). The van der Waals surface area contributed by atoms with Crippen molar-refractivity contribution in [1.29, 1.82) is 0 Å². The minimum Gasteiger partial charge on any atom is -0.373 e. The van der Waals surface area contributed by atoms with Gasteiger partial charge >= 0.3 is 0 Å². The minimum absolute atomic E-state index is 0.0559. The first-order valence-electron chi connectivity index (χ1n) is 11.0. The molecule has 1 aliphatic heterocycles. The molecule has 1 aliphatic rings. The molecule has 1 saturated heterocycles. The van der Waals surface area contributed by atoms with Crippen LogP contribution < -0.4 is 0 Å². The molecule has 0 saturated carbocycles. The average Bonchev–Trinajstić information content (AvgIpc) is 2.88. The third kappa shape index (κ3) is 4.39. The molecule has 4 aromatic rings. The Morgan fingerprint density at radius 1 is 0.938 bits per heavy atom. The molecule has 2 aromatic heterocycles. The number of carbonyl (C=O) groups excluding carboxylic acids is 1. The molecular weight excluding hydrogens is 398 g/mol. The van der Waals surface area contributed by atoms with Gasteiger partial charge in [-0.2, -0.15) is 0 Å². The molecule has 3 heterocycles. The van der Waals surface area contributed by atoms with Crippen molar-refractivity contribution in [1.82, 2.24) is 14.9 Å². The van der Waals surface area contributed by atoms with Crippen molar-refractivity contribution >= 4 is 16.8 Å². The SMILES string of the molecule is O=C(c1cc(-c2ccncc2)nc2ccccc12)N1CCC(OCc2ccccc2)CC1. The van der Waals surface area contributed by atoms with Gasteiger partial charge < -0.3 is 9.64 Å². The van der Waals surface area contributed by atoms with E-state index in [1.807, 2.05) is 65.6 Å². The number of rotatable bonds is 5. The first-order valence-corrected chi connectivity index (χ1v) is 11.0. The maximum absolute atomic E-state index is 13.5. The summed E-state index contributed by atoms with van der Waals surface area (Å²) in [6.07, 6.45) is 5.36. The van der Waals surface area contributed by atoms with Crippen LogP contribution in [0.4, 0.5) is 0 Å². The quantitative estimate of drug-likeness (QED) is 0.447. The number of nitrogens with zero attached hydrogens (tertiary/aromatic N) is 3. The Morgan fingerprint density at radius 3 is 2.44 bits per heavy atom. The topological polar surface area (TPSA) is 55.3 Å². The van der Waals surface area contributed by atoms with E-state index in [1.54, 1.807) is 12.4 Å². The van der Waals surface area contributed by atoms with Crippen LogP contribution in [0.2, 0.25) is 0 Å². The first kappa shape index (κ1) is 20.3. The Balaban J connectivity index is 1.33. The summed E-state index contributed by atoms with van der Waals surface area (Å²) in [4.78, 5) is 24.3. The lowest BCUT2D eigenvalue weighted by molar-refractivity contribution is -0.000335. The van der Waals surface area contributed by atoms with Crippen LogP contribution in [0.5, 0.6) is 0 Å². The van der Waals surface area contributed by atoms with Crippen LogP contribution in [-0.4, -0.2) is 40.0 Å². The summed E-state index contributed by atoms with van der Waals surface area (Å²) in [6, 6.07) is 23.8. The van der Waals surface area contributed by atoms with Crippen LogP contribution >= 0.6 is 0 Å². The molecule has 32 heavy (non-hydrogen) atoms. The number of amides is 1. The highest BCUT2D eigenvalue weighted by Gasteiger charge is 2.26. The molecule has 5 heteroatoms. The van der Waals surface area contributed by atoms with E-state index < -0.39 is 0 Å². The van der Waals surface area contributed by atoms with Gasteiger partial charge in [-0.15, -0.1) is 0 Å². The van der Waals surface area contributed by atoms with Crippen molar-refractivity contribution in [2.24, 2.45) is 0 Å². The molecule has 0 bridgehead atoms. The molecular formula is C27H25N3O2. The smallest absolute Gasteiger partial charge is 0.254 e. The number of carbonyl (C=O) groups is 1. The lowest BCUT2D eigenvalue weighted by atomic mass is 10.0. The van der Waals surface area contributed by atoms with Crippen LogP contribution in [0, 0.1) is 0 Å². The van der Waals surface area contributed by atoms with Gasteiger partial charge in [-0.3, -0.25) is 9.78 Å². The van der Waals surface area contributed by atoms with Crippen molar-refractivity contribution in [2.45, 2.75) is 25.6 Å². The molecule has 2 aromatic carbocycles. The van der Waals surface area contributed by atoms with Gasteiger partial charge in [0.05, 0.1) is 29.5 Å². The Hall–Kier alpha value is -3.57. The van der Waals surface area contributed by atoms with Gasteiger partial charge in [0, 0.05) is 36.4 Å². The molecule has 5 nitrogen and oxygen atoms in total. The highest BCUT2D eigenvalue weighted by atomic mass is 16.5. The second-order valence-electron chi connectivity index (χ2n) is 8.10. The predicted octanol–water partition coefficient (Wildman–Crippen LogP) is 5.12. The largest absolute Gasteiger partial charge is 0.373 e. The number of hydrogen-bond acceptors (Lipinski definition) is 4. The summed E-state index contributed by atoms with van der Waals surface area (Å²) in [5, 5.41) is 0.887. The van der Waals surface area contributed by atoms with Gasteiger partial charge in [-0.25, -0.2) is 4.98 Å².